The summed E-state index contributed by atoms with van der Waals surface area (Å²) >= 11 is 0. The third-order valence-electron chi connectivity index (χ3n) is 4.13. The molecule has 2 heterocycles. The van der Waals surface area contributed by atoms with Gasteiger partial charge in [0.2, 0.25) is 0 Å². The maximum absolute atomic E-state index is 5.74. The van der Waals surface area contributed by atoms with Crippen LogP contribution >= 0.6 is 0 Å². The highest BCUT2D eigenvalue weighted by Crippen LogP contribution is 2.24. The average Bonchev–Trinajstić information content (AvgIpc) is 2.91. The molecule has 18 heavy (non-hydrogen) atoms. The molecule has 1 aliphatic heterocycles. The molecule has 0 saturated carbocycles. The predicted molar refractivity (Wildman–Crippen MR) is 69.2 cm³/mol. The van der Waals surface area contributed by atoms with Crippen molar-refractivity contribution in [2.24, 2.45) is 17.6 Å². The molecular formula is C14H21N3O. The molecule has 98 valence electrons. The minimum absolute atomic E-state index is 0.614. The van der Waals surface area contributed by atoms with E-state index in [0.29, 0.717) is 11.8 Å². The molecule has 1 saturated heterocycles. The molecule has 0 aromatic carbocycles. The lowest BCUT2D eigenvalue weighted by Crippen LogP contribution is -2.23. The average molecular weight is 247 g/mol. The zero-order valence-corrected chi connectivity index (χ0v) is 10.8. The standard InChI is InChI=1S/C14H21N3O/c15-7-10-1-2-13-12(5-10)8-16-14(17-13)6-11-3-4-18-9-11/h8,10-11H,1-7,9,15H2. The van der Waals surface area contributed by atoms with E-state index in [1.54, 1.807) is 0 Å². The summed E-state index contributed by atoms with van der Waals surface area (Å²) in [5.74, 6) is 2.23. The Kier molecular flexibility index (Phi) is 3.57. The molecule has 2 atom stereocenters. The van der Waals surface area contributed by atoms with Crippen molar-refractivity contribution in [1.29, 1.82) is 0 Å². The summed E-state index contributed by atoms with van der Waals surface area (Å²) in [6.07, 6.45) is 7.43. The minimum atomic E-state index is 0.614. The number of hydrogen-bond donors (Lipinski definition) is 1. The van der Waals surface area contributed by atoms with Crippen LogP contribution in [0.3, 0.4) is 0 Å². The molecule has 1 aliphatic carbocycles. The summed E-state index contributed by atoms with van der Waals surface area (Å²) in [6.45, 7) is 2.55. The van der Waals surface area contributed by atoms with Gasteiger partial charge in [0.15, 0.2) is 0 Å². The van der Waals surface area contributed by atoms with Crippen molar-refractivity contribution >= 4 is 0 Å². The van der Waals surface area contributed by atoms with Crippen LogP contribution in [0.1, 0.15) is 29.9 Å². The molecule has 2 unspecified atom stereocenters. The Morgan fingerprint density at radius 2 is 2.28 bits per heavy atom. The van der Waals surface area contributed by atoms with Crippen LogP contribution in [0.25, 0.3) is 0 Å². The smallest absolute Gasteiger partial charge is 0.128 e. The molecule has 2 aliphatic rings. The Hall–Kier alpha value is -1.00. The minimum Gasteiger partial charge on any atom is -0.381 e. The zero-order chi connectivity index (χ0) is 12.4. The summed E-state index contributed by atoms with van der Waals surface area (Å²) in [5.41, 5.74) is 8.31. The fourth-order valence-electron chi connectivity index (χ4n) is 2.93. The van der Waals surface area contributed by atoms with E-state index in [0.717, 1.165) is 51.3 Å². The first-order valence-corrected chi connectivity index (χ1v) is 6.96. The molecule has 0 spiro atoms. The third kappa shape index (κ3) is 2.54. The van der Waals surface area contributed by atoms with Gasteiger partial charge in [0.1, 0.15) is 5.82 Å². The van der Waals surface area contributed by atoms with E-state index in [1.807, 2.05) is 6.20 Å². The maximum Gasteiger partial charge on any atom is 0.128 e. The van der Waals surface area contributed by atoms with Gasteiger partial charge in [0, 0.05) is 31.5 Å². The molecular weight excluding hydrogens is 226 g/mol. The quantitative estimate of drug-likeness (QED) is 0.869. The predicted octanol–water partition coefficient (Wildman–Crippen LogP) is 1.12. The van der Waals surface area contributed by atoms with Gasteiger partial charge in [0.25, 0.3) is 0 Å². The highest BCUT2D eigenvalue weighted by molar-refractivity contribution is 5.21. The molecule has 1 fully saturated rings. The number of nitrogens with two attached hydrogens (primary N) is 1. The van der Waals surface area contributed by atoms with E-state index < -0.39 is 0 Å². The molecule has 0 amide bonds. The van der Waals surface area contributed by atoms with Gasteiger partial charge in [-0.1, -0.05) is 0 Å². The second kappa shape index (κ2) is 5.33. The number of rotatable bonds is 3. The zero-order valence-electron chi connectivity index (χ0n) is 10.8. The van der Waals surface area contributed by atoms with E-state index in [9.17, 15) is 0 Å². The molecule has 1 aromatic rings. The second-order valence-electron chi connectivity index (χ2n) is 5.54. The van der Waals surface area contributed by atoms with Gasteiger partial charge in [-0.25, -0.2) is 9.97 Å². The molecule has 1 aromatic heterocycles. The number of ether oxygens (including phenoxy) is 1. The summed E-state index contributed by atoms with van der Waals surface area (Å²) in [5, 5.41) is 0. The van der Waals surface area contributed by atoms with Crippen molar-refractivity contribution in [2.75, 3.05) is 19.8 Å². The Morgan fingerprint density at radius 3 is 3.06 bits per heavy atom. The normalized spacial score (nSPS) is 27.2. The van der Waals surface area contributed by atoms with Gasteiger partial charge < -0.3 is 10.5 Å². The first-order valence-electron chi connectivity index (χ1n) is 6.96. The lowest BCUT2D eigenvalue weighted by molar-refractivity contribution is 0.185. The molecule has 4 heteroatoms. The van der Waals surface area contributed by atoms with Crippen LogP contribution in [0.2, 0.25) is 0 Å². The van der Waals surface area contributed by atoms with E-state index >= 15 is 0 Å². The van der Waals surface area contributed by atoms with Crippen LogP contribution in [-0.4, -0.2) is 29.7 Å². The van der Waals surface area contributed by atoms with Gasteiger partial charge in [0.05, 0.1) is 0 Å². The van der Waals surface area contributed by atoms with E-state index in [2.05, 4.69) is 4.98 Å². The van der Waals surface area contributed by atoms with E-state index in [-0.39, 0.29) is 0 Å². The summed E-state index contributed by atoms with van der Waals surface area (Å²) < 4.78 is 5.40. The Balaban J connectivity index is 1.71. The van der Waals surface area contributed by atoms with Crippen molar-refractivity contribution in [3.8, 4) is 0 Å². The Labute approximate surface area is 108 Å². The van der Waals surface area contributed by atoms with Crippen molar-refractivity contribution in [3.05, 3.63) is 23.3 Å². The van der Waals surface area contributed by atoms with Gasteiger partial charge in [-0.3, -0.25) is 0 Å². The van der Waals surface area contributed by atoms with E-state index in [4.69, 9.17) is 15.5 Å². The van der Waals surface area contributed by atoms with Crippen LogP contribution in [0.4, 0.5) is 0 Å². The first-order chi connectivity index (χ1) is 8.85. The van der Waals surface area contributed by atoms with Crippen LogP contribution in [0, 0.1) is 11.8 Å². The van der Waals surface area contributed by atoms with E-state index in [1.165, 1.54) is 17.7 Å². The van der Waals surface area contributed by atoms with Crippen LogP contribution in [-0.2, 0) is 24.0 Å². The van der Waals surface area contributed by atoms with Gasteiger partial charge >= 0.3 is 0 Å². The van der Waals surface area contributed by atoms with Crippen molar-refractivity contribution in [1.82, 2.24) is 9.97 Å². The first kappa shape index (κ1) is 12.1. The van der Waals surface area contributed by atoms with Crippen molar-refractivity contribution < 1.29 is 4.74 Å². The number of fused-ring (bicyclic) bond motifs is 1. The molecule has 0 radical (unpaired) electrons. The fourth-order valence-corrected chi connectivity index (χ4v) is 2.93. The summed E-state index contributed by atoms with van der Waals surface area (Å²) in [6, 6.07) is 0. The van der Waals surface area contributed by atoms with Crippen molar-refractivity contribution in [2.45, 2.75) is 32.1 Å². The van der Waals surface area contributed by atoms with Crippen LogP contribution in [0.15, 0.2) is 6.20 Å². The lowest BCUT2D eigenvalue weighted by atomic mass is 9.87. The highest BCUT2D eigenvalue weighted by atomic mass is 16.5. The number of aromatic nitrogens is 2. The monoisotopic (exact) mass is 247 g/mol. The topological polar surface area (TPSA) is 61.0 Å². The Bertz CT molecular complexity index is 416. The van der Waals surface area contributed by atoms with Gasteiger partial charge in [-0.15, -0.1) is 0 Å². The van der Waals surface area contributed by atoms with Gasteiger partial charge in [-0.05, 0) is 49.6 Å². The highest BCUT2D eigenvalue weighted by Gasteiger charge is 2.21. The second-order valence-corrected chi connectivity index (χ2v) is 5.54. The van der Waals surface area contributed by atoms with Crippen molar-refractivity contribution in [3.63, 3.8) is 0 Å². The summed E-state index contributed by atoms with van der Waals surface area (Å²) in [7, 11) is 0. The molecule has 2 N–H and O–H groups in total. The summed E-state index contributed by atoms with van der Waals surface area (Å²) in [4.78, 5) is 9.25. The number of hydrogen-bond acceptors (Lipinski definition) is 4. The lowest BCUT2D eigenvalue weighted by Gasteiger charge is -2.22. The SMILES string of the molecule is NCC1CCc2nc(CC3CCOC3)ncc2C1. The maximum atomic E-state index is 5.74. The van der Waals surface area contributed by atoms with Crippen LogP contribution in [0.5, 0.6) is 0 Å². The molecule has 3 rings (SSSR count). The fraction of sp³-hybridized carbons (Fsp3) is 0.714. The van der Waals surface area contributed by atoms with Crippen LogP contribution < -0.4 is 5.73 Å². The third-order valence-corrected chi connectivity index (χ3v) is 4.13. The number of aryl methyl sites for hydroxylation is 1. The largest absolute Gasteiger partial charge is 0.381 e. The Morgan fingerprint density at radius 1 is 1.33 bits per heavy atom. The van der Waals surface area contributed by atoms with Gasteiger partial charge in [-0.2, -0.15) is 0 Å². The number of nitrogens with zero attached hydrogens (tertiary/aromatic N) is 2. The molecule has 4 nitrogen and oxygen atoms in total. The molecule has 0 bridgehead atoms.